The molecule has 4 aliphatic heterocycles. The van der Waals surface area contributed by atoms with Crippen LogP contribution in [0.2, 0.25) is 0 Å². The summed E-state index contributed by atoms with van der Waals surface area (Å²) in [6, 6.07) is 22.5. The van der Waals surface area contributed by atoms with E-state index < -0.39 is 27.3 Å². The van der Waals surface area contributed by atoms with Gasteiger partial charge in [0.1, 0.15) is 18.9 Å². The van der Waals surface area contributed by atoms with Crippen molar-refractivity contribution in [1.29, 1.82) is 0 Å². The van der Waals surface area contributed by atoms with Gasteiger partial charge in [0.25, 0.3) is 0 Å². The van der Waals surface area contributed by atoms with Crippen LogP contribution in [0.15, 0.2) is 71.6 Å². The smallest absolute Gasteiger partial charge is 0.179 e. The van der Waals surface area contributed by atoms with Crippen LogP contribution in [0.4, 0.5) is 5.69 Å². The van der Waals surface area contributed by atoms with Gasteiger partial charge in [0.05, 0.1) is 36.4 Å². The van der Waals surface area contributed by atoms with Crippen LogP contribution < -0.4 is 9.64 Å². The quantitative estimate of drug-likeness (QED) is 0.206. The fraction of sp³-hybridized carbons (Fsp3) is 0.550. The zero-order valence-corrected chi connectivity index (χ0v) is 30.4. The first kappa shape index (κ1) is 34.9. The maximum atomic E-state index is 14.1. The van der Waals surface area contributed by atoms with Crippen molar-refractivity contribution in [3.05, 3.63) is 89.0 Å². The number of nitrogens with zero attached hydrogens (tertiary/aromatic N) is 3. The van der Waals surface area contributed by atoms with Crippen LogP contribution in [0.25, 0.3) is 0 Å². The molecule has 7 nitrogen and oxygen atoms in total. The SMILES string of the molecule is CCCCC1(CCCC)CS(=O)(=O)c2ccc(N(C)C)cc2[C@@H](c2ccc(OCc3ccc(C[N+]45CCN(CC4)CC5)cc3)cc2)C1O. The first-order valence-electron chi connectivity index (χ1n) is 18.2. The zero-order chi connectivity index (χ0) is 33.9. The lowest BCUT2D eigenvalue weighted by atomic mass is 9.68. The van der Waals surface area contributed by atoms with Gasteiger partial charge in [-0.05, 0) is 59.9 Å². The Morgan fingerprint density at radius 3 is 2.06 bits per heavy atom. The van der Waals surface area contributed by atoms with Gasteiger partial charge >= 0.3 is 0 Å². The fourth-order valence-corrected chi connectivity index (χ4v) is 10.6. The first-order valence-corrected chi connectivity index (χ1v) is 19.8. The van der Waals surface area contributed by atoms with Gasteiger partial charge in [-0.15, -0.1) is 0 Å². The van der Waals surface area contributed by atoms with Gasteiger partial charge in [0.15, 0.2) is 9.84 Å². The molecular formula is C40H56N3O4S+. The number of unbranched alkanes of at least 4 members (excludes halogenated alkanes) is 2. The van der Waals surface area contributed by atoms with Crippen LogP contribution >= 0.6 is 0 Å². The minimum absolute atomic E-state index is 0.0232. The standard InChI is InChI=1S/C40H56N3O4S/c1-5-7-19-40(20-8-6-2)30-48(45,46)37-18-15-34(41(3)4)27-36(37)38(39(40)44)33-13-16-35(17-14-33)47-29-32-11-9-31(10-12-32)28-43-24-21-42(22-25-43)23-26-43/h9-18,27,38-39,44H,5-8,19-26,28-30H2,1-4H3/q+1/t38-,39?/m1/s1. The summed E-state index contributed by atoms with van der Waals surface area (Å²) in [5.41, 5.74) is 4.34. The lowest BCUT2D eigenvalue weighted by Gasteiger charge is -2.50. The summed E-state index contributed by atoms with van der Waals surface area (Å²) in [5, 5.41) is 12.4. The van der Waals surface area contributed by atoms with E-state index in [-0.39, 0.29) is 5.75 Å². The Balaban J connectivity index is 1.24. The Kier molecular flexibility index (Phi) is 10.6. The number of hydrogen-bond acceptors (Lipinski definition) is 6. The number of aliphatic hydroxyl groups is 1. The van der Waals surface area contributed by atoms with Gasteiger partial charge in [-0.2, -0.15) is 0 Å². The highest BCUT2D eigenvalue weighted by Crippen LogP contribution is 2.50. The van der Waals surface area contributed by atoms with Gasteiger partial charge in [0, 0.05) is 56.3 Å². The highest BCUT2D eigenvalue weighted by atomic mass is 32.2. The van der Waals surface area contributed by atoms with Crippen LogP contribution in [0.3, 0.4) is 0 Å². The average Bonchev–Trinajstić information content (AvgIpc) is 3.17. The van der Waals surface area contributed by atoms with E-state index >= 15 is 0 Å². The molecule has 3 fully saturated rings. The monoisotopic (exact) mass is 674 g/mol. The number of piperazine rings is 3. The summed E-state index contributed by atoms with van der Waals surface area (Å²) < 4.78 is 35.7. The summed E-state index contributed by atoms with van der Waals surface area (Å²) in [6.07, 6.45) is 4.21. The molecule has 0 aromatic heterocycles. The highest BCUT2D eigenvalue weighted by molar-refractivity contribution is 7.91. The second-order valence-corrected chi connectivity index (χ2v) is 17.0. The topological polar surface area (TPSA) is 70.1 Å². The molecule has 1 unspecified atom stereocenters. The van der Waals surface area contributed by atoms with Crippen LogP contribution in [-0.2, 0) is 23.0 Å². The van der Waals surface area contributed by atoms with E-state index in [1.807, 2.05) is 55.4 Å². The van der Waals surface area contributed by atoms with Gasteiger partial charge < -0.3 is 19.2 Å². The van der Waals surface area contributed by atoms with Crippen molar-refractivity contribution < 1.29 is 22.7 Å². The van der Waals surface area contributed by atoms with E-state index in [4.69, 9.17) is 4.74 Å². The molecule has 8 heteroatoms. The molecule has 0 amide bonds. The van der Waals surface area contributed by atoms with E-state index in [0.717, 1.165) is 54.8 Å². The Labute approximate surface area is 289 Å². The Morgan fingerprint density at radius 1 is 0.875 bits per heavy atom. The van der Waals surface area contributed by atoms with Crippen LogP contribution in [-0.4, -0.2) is 88.1 Å². The van der Waals surface area contributed by atoms with Crippen molar-refractivity contribution in [1.82, 2.24) is 4.90 Å². The molecule has 4 heterocycles. The second kappa shape index (κ2) is 14.5. The number of sulfone groups is 1. The largest absolute Gasteiger partial charge is 0.489 e. The lowest BCUT2D eigenvalue weighted by Crippen LogP contribution is -2.66. The normalized spacial score (nSPS) is 25.6. The molecule has 4 aliphatic rings. The molecule has 260 valence electrons. The molecule has 0 radical (unpaired) electrons. The van der Waals surface area contributed by atoms with Gasteiger partial charge in [-0.25, -0.2) is 8.42 Å². The summed E-state index contributed by atoms with van der Waals surface area (Å²) >= 11 is 0. The molecule has 3 aromatic carbocycles. The minimum atomic E-state index is -3.63. The fourth-order valence-electron chi connectivity index (χ4n) is 8.43. The molecule has 1 N–H and O–H groups in total. The van der Waals surface area contributed by atoms with Crippen molar-refractivity contribution in [2.45, 2.75) is 82.4 Å². The minimum Gasteiger partial charge on any atom is -0.489 e. The molecule has 48 heavy (non-hydrogen) atoms. The number of fused-ring (bicyclic) bond motifs is 4. The second-order valence-electron chi connectivity index (χ2n) is 15.1. The Hall–Kier alpha value is -2.91. The Morgan fingerprint density at radius 2 is 1.48 bits per heavy atom. The van der Waals surface area contributed by atoms with Crippen LogP contribution in [0.1, 0.15) is 80.5 Å². The molecule has 0 aliphatic carbocycles. The van der Waals surface area contributed by atoms with Crippen molar-refractivity contribution in [3.63, 3.8) is 0 Å². The van der Waals surface area contributed by atoms with Gasteiger partial charge in [-0.1, -0.05) is 75.9 Å². The summed E-state index contributed by atoms with van der Waals surface area (Å²) in [5.74, 6) is 0.264. The number of anilines is 1. The predicted molar refractivity (Wildman–Crippen MR) is 194 cm³/mol. The Bertz CT molecular complexity index is 1610. The van der Waals surface area contributed by atoms with E-state index in [1.165, 1.54) is 49.3 Å². The van der Waals surface area contributed by atoms with Crippen molar-refractivity contribution >= 4 is 15.5 Å². The van der Waals surface area contributed by atoms with Gasteiger partial charge in [0.2, 0.25) is 0 Å². The van der Waals surface area contributed by atoms with Gasteiger partial charge in [-0.3, -0.25) is 4.90 Å². The van der Waals surface area contributed by atoms with E-state index in [0.29, 0.717) is 29.9 Å². The van der Waals surface area contributed by atoms with E-state index in [9.17, 15) is 13.5 Å². The average molecular weight is 675 g/mol. The summed E-state index contributed by atoms with van der Waals surface area (Å²) in [7, 11) is 0.290. The molecule has 3 saturated heterocycles. The molecular weight excluding hydrogens is 619 g/mol. The van der Waals surface area contributed by atoms with Crippen molar-refractivity contribution in [3.8, 4) is 5.75 Å². The number of quaternary nitrogens is 1. The summed E-state index contributed by atoms with van der Waals surface area (Å²) in [6.45, 7) is 13.3. The molecule has 3 aromatic rings. The number of benzene rings is 3. The number of hydrogen-bond donors (Lipinski definition) is 1. The predicted octanol–water partition coefficient (Wildman–Crippen LogP) is 6.62. The molecule has 0 saturated carbocycles. The molecule has 7 rings (SSSR count). The number of ether oxygens (including phenoxy) is 1. The van der Waals surface area contributed by atoms with Crippen molar-refractivity contribution in [2.75, 3.05) is 64.0 Å². The van der Waals surface area contributed by atoms with E-state index in [1.54, 1.807) is 6.07 Å². The lowest BCUT2D eigenvalue weighted by molar-refractivity contribution is -0.953. The first-order chi connectivity index (χ1) is 23.1. The third kappa shape index (κ3) is 7.32. The molecule has 2 bridgehead atoms. The third-order valence-corrected chi connectivity index (χ3v) is 13.5. The maximum absolute atomic E-state index is 14.1. The van der Waals surface area contributed by atoms with E-state index in [2.05, 4.69) is 43.0 Å². The number of rotatable bonds is 13. The van der Waals surface area contributed by atoms with Crippen molar-refractivity contribution in [2.24, 2.45) is 5.41 Å². The third-order valence-electron chi connectivity index (χ3n) is 11.5. The number of aliphatic hydroxyl groups excluding tert-OH is 1. The zero-order valence-electron chi connectivity index (χ0n) is 29.5. The highest BCUT2D eigenvalue weighted by Gasteiger charge is 2.49. The van der Waals surface area contributed by atoms with Crippen LogP contribution in [0, 0.1) is 5.41 Å². The molecule has 0 spiro atoms. The summed E-state index contributed by atoms with van der Waals surface area (Å²) in [4.78, 5) is 4.93. The van der Waals surface area contributed by atoms with Crippen LogP contribution in [0.5, 0.6) is 5.75 Å². The molecule has 2 atom stereocenters. The maximum Gasteiger partial charge on any atom is 0.179 e.